The number of hydrogen-bond donors (Lipinski definition) is 0. The first-order valence-electron chi connectivity index (χ1n) is 8.19. The van der Waals surface area contributed by atoms with Gasteiger partial charge >= 0.3 is 0 Å². The largest absolute Gasteiger partial charge is 0.378 e. The Bertz CT molecular complexity index is 945. The van der Waals surface area contributed by atoms with Crippen molar-refractivity contribution in [2.75, 3.05) is 31.2 Å². The normalized spacial score (nSPS) is 14.9. The Morgan fingerprint density at radius 2 is 2.04 bits per heavy atom. The highest BCUT2D eigenvalue weighted by molar-refractivity contribution is 7.19. The van der Waals surface area contributed by atoms with Gasteiger partial charge in [0.1, 0.15) is 0 Å². The van der Waals surface area contributed by atoms with Gasteiger partial charge in [0.2, 0.25) is 0 Å². The van der Waals surface area contributed by atoms with Crippen LogP contribution in [0.2, 0.25) is 0 Å². The lowest BCUT2D eigenvalue weighted by atomic mass is 10.1. The zero-order valence-corrected chi connectivity index (χ0v) is 14.8. The van der Waals surface area contributed by atoms with Crippen molar-refractivity contribution in [3.05, 3.63) is 47.7 Å². The first kappa shape index (κ1) is 16.2. The Kier molecular flexibility index (Phi) is 4.23. The number of anilines is 1. The van der Waals surface area contributed by atoms with Gasteiger partial charge in [-0.05, 0) is 26.0 Å². The second-order valence-corrected chi connectivity index (χ2v) is 7.17. The first-order chi connectivity index (χ1) is 12.1. The molecule has 0 saturated carbocycles. The Balaban J connectivity index is 1.87. The number of aromatic nitrogens is 2. The predicted molar refractivity (Wildman–Crippen MR) is 100 cm³/mol. The van der Waals surface area contributed by atoms with E-state index in [0.717, 1.165) is 39.6 Å². The molecule has 1 aliphatic heterocycles. The average molecular weight is 352 g/mol. The van der Waals surface area contributed by atoms with Crippen LogP contribution in [0, 0.1) is 6.92 Å². The minimum atomic E-state index is 0.0342. The molecule has 1 fully saturated rings. The van der Waals surface area contributed by atoms with Gasteiger partial charge in [0.05, 0.1) is 23.4 Å². The summed E-state index contributed by atoms with van der Waals surface area (Å²) < 4.78 is 6.52. The number of fused-ring (bicyclic) bond motifs is 1. The maximum absolute atomic E-state index is 11.7. The number of nitrogens with zero attached hydrogens (tertiary/aromatic N) is 3. The van der Waals surface area contributed by atoms with E-state index in [1.165, 1.54) is 0 Å². The van der Waals surface area contributed by atoms with Gasteiger partial charge in [-0.3, -0.25) is 4.79 Å². The lowest BCUT2D eigenvalue weighted by molar-refractivity contribution is 0.101. The molecule has 4 rings (SSSR count). The van der Waals surface area contributed by atoms with E-state index in [0.29, 0.717) is 24.6 Å². The molecule has 0 spiro atoms. The van der Waals surface area contributed by atoms with Crippen molar-refractivity contribution >= 4 is 33.2 Å². The summed E-state index contributed by atoms with van der Waals surface area (Å²) in [6, 6.07) is 9.46. The Morgan fingerprint density at radius 1 is 1.24 bits per heavy atom. The molecule has 0 N–H and O–H groups in total. The molecule has 0 atom stereocenters. The zero-order valence-electron chi connectivity index (χ0n) is 14.0. The summed E-state index contributed by atoms with van der Waals surface area (Å²) in [4.78, 5) is 24.4. The van der Waals surface area contributed by atoms with E-state index in [-0.39, 0.29) is 5.78 Å². The van der Waals surface area contributed by atoms with Gasteiger partial charge in [-0.1, -0.05) is 18.2 Å². The third-order valence-electron chi connectivity index (χ3n) is 4.24. The SMILES string of the molecule is [CH2]c1cc2nc(-c3cccc(C(C)=O)c3)nc(N3CCOCC3)c2s1. The Labute approximate surface area is 150 Å². The molecule has 0 bridgehead atoms. The third kappa shape index (κ3) is 3.15. The summed E-state index contributed by atoms with van der Waals surface area (Å²) in [7, 11) is 0. The van der Waals surface area contributed by atoms with E-state index >= 15 is 0 Å². The summed E-state index contributed by atoms with van der Waals surface area (Å²) in [5.41, 5.74) is 2.41. The standard InChI is InChI=1S/C19H18N3O2S/c1-12-10-16-17(25-12)19(22-6-8-24-9-7-22)21-18(20-16)15-5-3-4-14(11-15)13(2)23/h3-5,10-11H,1,6-9H2,2H3. The van der Waals surface area contributed by atoms with Gasteiger partial charge in [-0.15, -0.1) is 11.3 Å². The van der Waals surface area contributed by atoms with Crippen molar-refractivity contribution < 1.29 is 9.53 Å². The van der Waals surface area contributed by atoms with Crippen LogP contribution in [0.25, 0.3) is 21.6 Å². The van der Waals surface area contributed by atoms with E-state index in [2.05, 4.69) is 11.8 Å². The van der Waals surface area contributed by atoms with Crippen molar-refractivity contribution in [2.24, 2.45) is 0 Å². The fourth-order valence-corrected chi connectivity index (χ4v) is 3.87. The number of thiophene rings is 1. The number of rotatable bonds is 3. The van der Waals surface area contributed by atoms with Crippen LogP contribution in [0.3, 0.4) is 0 Å². The molecule has 0 aliphatic carbocycles. The summed E-state index contributed by atoms with van der Waals surface area (Å²) in [5, 5.41) is 0. The molecule has 0 amide bonds. The van der Waals surface area contributed by atoms with Crippen LogP contribution < -0.4 is 4.90 Å². The summed E-state index contributed by atoms with van der Waals surface area (Å²) in [6.45, 7) is 8.63. The molecule has 2 aromatic heterocycles. The van der Waals surface area contributed by atoms with Crippen LogP contribution in [0.4, 0.5) is 5.82 Å². The maximum atomic E-state index is 11.7. The molecule has 1 radical (unpaired) electrons. The van der Waals surface area contributed by atoms with Crippen LogP contribution in [0.1, 0.15) is 22.2 Å². The van der Waals surface area contributed by atoms with Crippen LogP contribution >= 0.6 is 11.3 Å². The summed E-state index contributed by atoms with van der Waals surface area (Å²) in [5.74, 6) is 1.60. The van der Waals surface area contributed by atoms with Crippen molar-refractivity contribution in [1.82, 2.24) is 9.97 Å². The molecular weight excluding hydrogens is 334 g/mol. The summed E-state index contributed by atoms with van der Waals surface area (Å²) in [6.07, 6.45) is 0. The second-order valence-electron chi connectivity index (χ2n) is 6.03. The van der Waals surface area contributed by atoms with Gasteiger partial charge in [0.25, 0.3) is 0 Å². The molecule has 0 unspecified atom stereocenters. The highest BCUT2D eigenvalue weighted by atomic mass is 32.1. The van der Waals surface area contributed by atoms with E-state index in [9.17, 15) is 4.79 Å². The maximum Gasteiger partial charge on any atom is 0.162 e. The number of benzene rings is 1. The molecule has 3 aromatic rings. The molecule has 1 aliphatic rings. The van der Waals surface area contributed by atoms with Gasteiger partial charge < -0.3 is 9.64 Å². The van der Waals surface area contributed by atoms with Gasteiger partial charge in [0.15, 0.2) is 17.4 Å². The lowest BCUT2D eigenvalue weighted by Gasteiger charge is -2.28. The number of morpholine rings is 1. The number of Topliss-reactive ketones (excluding diaryl/α,β-unsaturated/α-hetero) is 1. The fourth-order valence-electron chi connectivity index (χ4n) is 2.96. The Hall–Kier alpha value is -2.31. The van der Waals surface area contributed by atoms with E-state index in [4.69, 9.17) is 14.7 Å². The topological polar surface area (TPSA) is 55.3 Å². The molecule has 3 heterocycles. The lowest BCUT2D eigenvalue weighted by Crippen LogP contribution is -2.36. The van der Waals surface area contributed by atoms with Crippen LogP contribution in [-0.2, 0) is 4.74 Å². The minimum absolute atomic E-state index is 0.0342. The Morgan fingerprint density at radius 3 is 2.80 bits per heavy atom. The number of carbonyl (C=O) groups excluding carboxylic acids is 1. The van der Waals surface area contributed by atoms with Gasteiger partial charge in [0, 0.05) is 29.1 Å². The average Bonchev–Trinajstić information content (AvgIpc) is 3.01. The van der Waals surface area contributed by atoms with E-state index in [1.807, 2.05) is 30.3 Å². The number of ketones is 1. The predicted octanol–water partition coefficient (Wildman–Crippen LogP) is 3.58. The van der Waals surface area contributed by atoms with Crippen LogP contribution in [0.5, 0.6) is 0 Å². The smallest absolute Gasteiger partial charge is 0.162 e. The van der Waals surface area contributed by atoms with Crippen molar-refractivity contribution in [3.63, 3.8) is 0 Å². The molecule has 5 nitrogen and oxygen atoms in total. The third-order valence-corrected chi connectivity index (χ3v) is 5.22. The van der Waals surface area contributed by atoms with E-state index in [1.54, 1.807) is 18.3 Å². The number of hydrogen-bond acceptors (Lipinski definition) is 6. The van der Waals surface area contributed by atoms with Crippen molar-refractivity contribution in [2.45, 2.75) is 6.92 Å². The van der Waals surface area contributed by atoms with Crippen LogP contribution in [-0.4, -0.2) is 42.1 Å². The number of ether oxygens (including phenoxy) is 1. The fraction of sp³-hybridized carbons (Fsp3) is 0.263. The van der Waals surface area contributed by atoms with Gasteiger partial charge in [-0.25, -0.2) is 9.97 Å². The monoisotopic (exact) mass is 352 g/mol. The first-order valence-corrected chi connectivity index (χ1v) is 9.01. The van der Waals surface area contributed by atoms with Crippen molar-refractivity contribution in [1.29, 1.82) is 0 Å². The molecule has 6 heteroatoms. The van der Waals surface area contributed by atoms with Crippen molar-refractivity contribution in [3.8, 4) is 11.4 Å². The van der Waals surface area contributed by atoms with Gasteiger partial charge in [-0.2, -0.15) is 0 Å². The number of carbonyl (C=O) groups is 1. The molecule has 1 aromatic carbocycles. The van der Waals surface area contributed by atoms with Crippen LogP contribution in [0.15, 0.2) is 30.3 Å². The highest BCUT2D eigenvalue weighted by Crippen LogP contribution is 2.34. The molecule has 1 saturated heterocycles. The quantitative estimate of drug-likeness (QED) is 0.675. The molecular formula is C19H18N3O2S. The highest BCUT2D eigenvalue weighted by Gasteiger charge is 2.19. The zero-order chi connectivity index (χ0) is 17.4. The second kappa shape index (κ2) is 6.54. The summed E-state index contributed by atoms with van der Waals surface area (Å²) >= 11 is 1.61. The van der Waals surface area contributed by atoms with E-state index < -0.39 is 0 Å². The minimum Gasteiger partial charge on any atom is -0.378 e. The molecule has 25 heavy (non-hydrogen) atoms. The molecule has 127 valence electrons.